The number of alkyl halides is 3. The summed E-state index contributed by atoms with van der Waals surface area (Å²) in [5.74, 6) is -1.62. The fraction of sp³-hybridized carbons (Fsp3) is 0.0833. The molecule has 3 nitrogen and oxygen atoms in total. The van der Waals surface area contributed by atoms with E-state index in [0.717, 1.165) is 6.26 Å². The molecule has 1 heterocycles. The van der Waals surface area contributed by atoms with Gasteiger partial charge in [0.15, 0.2) is 5.76 Å². The van der Waals surface area contributed by atoms with E-state index < -0.39 is 12.2 Å². The van der Waals surface area contributed by atoms with Crippen LogP contribution in [0.3, 0.4) is 0 Å². The van der Waals surface area contributed by atoms with Gasteiger partial charge >= 0.3 is 12.2 Å². The van der Waals surface area contributed by atoms with Gasteiger partial charge in [0.05, 0.1) is 12.0 Å². The van der Waals surface area contributed by atoms with Crippen molar-refractivity contribution in [3.8, 4) is 0 Å². The van der Waals surface area contributed by atoms with Crippen molar-refractivity contribution in [2.75, 3.05) is 4.90 Å². The van der Waals surface area contributed by atoms with Gasteiger partial charge in [0.1, 0.15) is 0 Å². The van der Waals surface area contributed by atoms with Crippen LogP contribution in [-0.2, 0) is 0 Å². The molecule has 0 saturated carbocycles. The number of rotatable bonds is 2. The lowest BCUT2D eigenvalue weighted by atomic mass is 10.2. The van der Waals surface area contributed by atoms with Crippen LogP contribution in [0.25, 0.3) is 0 Å². The van der Waals surface area contributed by atoms with E-state index in [4.69, 9.17) is 4.42 Å². The summed E-state index contributed by atoms with van der Waals surface area (Å²) in [5.41, 5.74) is -0.258. The Morgan fingerprint density at radius 1 is 1.06 bits per heavy atom. The lowest BCUT2D eigenvalue weighted by molar-refractivity contribution is -0.122. The number of para-hydroxylation sites is 1. The van der Waals surface area contributed by atoms with Crippen molar-refractivity contribution >= 4 is 11.6 Å². The molecule has 1 aromatic carbocycles. The maximum absolute atomic E-state index is 12.9. The molecule has 18 heavy (non-hydrogen) atoms. The van der Waals surface area contributed by atoms with Crippen molar-refractivity contribution in [1.29, 1.82) is 0 Å². The summed E-state index contributed by atoms with van der Waals surface area (Å²) in [6.07, 6.45) is -3.67. The van der Waals surface area contributed by atoms with Crippen LogP contribution in [0.2, 0.25) is 0 Å². The number of carbonyl (C=O) groups is 1. The number of halogens is 3. The Morgan fingerprint density at radius 3 is 2.22 bits per heavy atom. The summed E-state index contributed by atoms with van der Waals surface area (Å²) < 4.78 is 43.4. The van der Waals surface area contributed by atoms with Crippen molar-refractivity contribution in [3.05, 3.63) is 54.5 Å². The molecule has 0 radical (unpaired) electrons. The number of carbonyl (C=O) groups excluding carboxylic acids is 1. The Bertz CT molecular complexity index is 520. The van der Waals surface area contributed by atoms with Gasteiger partial charge in [-0.05, 0) is 24.3 Å². The molecule has 2 rings (SSSR count). The molecule has 0 fully saturated rings. The number of anilines is 1. The average molecular weight is 255 g/mol. The summed E-state index contributed by atoms with van der Waals surface area (Å²) in [5, 5.41) is 0. The van der Waals surface area contributed by atoms with Gasteiger partial charge in [-0.2, -0.15) is 0 Å². The fourth-order valence-electron chi connectivity index (χ4n) is 1.47. The standard InChI is InChI=1S/C12H8F3NO2/c13-12(14,15)16(9-5-2-1-3-6-9)11(17)10-7-4-8-18-10/h1-8H. The van der Waals surface area contributed by atoms with Crippen molar-refractivity contribution in [2.45, 2.75) is 6.30 Å². The molecule has 1 amide bonds. The van der Waals surface area contributed by atoms with Crippen molar-refractivity contribution in [3.63, 3.8) is 0 Å². The minimum atomic E-state index is -4.81. The van der Waals surface area contributed by atoms with Crippen LogP contribution < -0.4 is 4.90 Å². The zero-order valence-corrected chi connectivity index (χ0v) is 9.02. The number of amides is 1. The first-order valence-electron chi connectivity index (χ1n) is 5.00. The number of hydrogen-bond donors (Lipinski definition) is 0. The Kier molecular flexibility index (Phi) is 3.10. The quantitative estimate of drug-likeness (QED) is 0.770. The second-order valence-electron chi connectivity index (χ2n) is 3.42. The van der Waals surface area contributed by atoms with Crippen LogP contribution in [0.15, 0.2) is 53.1 Å². The Balaban J connectivity index is 2.42. The molecule has 0 aliphatic rings. The second kappa shape index (κ2) is 4.56. The van der Waals surface area contributed by atoms with Crippen LogP contribution in [0.4, 0.5) is 18.9 Å². The average Bonchev–Trinajstić information content (AvgIpc) is 2.82. The zero-order valence-electron chi connectivity index (χ0n) is 9.02. The van der Waals surface area contributed by atoms with E-state index in [1.165, 1.54) is 36.4 Å². The third kappa shape index (κ3) is 2.37. The van der Waals surface area contributed by atoms with Crippen LogP contribution in [0.1, 0.15) is 10.6 Å². The van der Waals surface area contributed by atoms with Crippen LogP contribution in [0.5, 0.6) is 0 Å². The minimum Gasteiger partial charge on any atom is -0.459 e. The van der Waals surface area contributed by atoms with Gasteiger partial charge in [0.25, 0.3) is 0 Å². The van der Waals surface area contributed by atoms with E-state index in [1.54, 1.807) is 6.07 Å². The van der Waals surface area contributed by atoms with Gasteiger partial charge in [-0.15, -0.1) is 13.2 Å². The van der Waals surface area contributed by atoms with Gasteiger partial charge in [-0.1, -0.05) is 18.2 Å². The molecule has 1 aromatic heterocycles. The monoisotopic (exact) mass is 255 g/mol. The topological polar surface area (TPSA) is 33.5 Å². The largest absolute Gasteiger partial charge is 0.491 e. The van der Waals surface area contributed by atoms with Crippen LogP contribution >= 0.6 is 0 Å². The lowest BCUT2D eigenvalue weighted by Gasteiger charge is -2.23. The van der Waals surface area contributed by atoms with E-state index in [0.29, 0.717) is 0 Å². The van der Waals surface area contributed by atoms with E-state index in [9.17, 15) is 18.0 Å². The predicted octanol–water partition coefficient (Wildman–Crippen LogP) is 3.45. The molecule has 0 aliphatic heterocycles. The lowest BCUT2D eigenvalue weighted by Crippen LogP contribution is -2.42. The number of benzene rings is 1. The highest BCUT2D eigenvalue weighted by molar-refractivity contribution is 6.04. The SMILES string of the molecule is O=C(c1ccco1)N(c1ccccc1)C(F)(F)F. The van der Waals surface area contributed by atoms with Crippen LogP contribution in [-0.4, -0.2) is 12.2 Å². The molecule has 0 unspecified atom stereocenters. The van der Waals surface area contributed by atoms with E-state index in [1.807, 2.05) is 0 Å². The second-order valence-corrected chi connectivity index (χ2v) is 3.42. The molecule has 0 atom stereocenters. The van der Waals surface area contributed by atoms with Crippen molar-refractivity contribution in [2.24, 2.45) is 0 Å². The molecule has 0 spiro atoms. The smallest absolute Gasteiger partial charge is 0.459 e. The Hall–Kier alpha value is -2.24. The fourth-order valence-corrected chi connectivity index (χ4v) is 1.47. The Morgan fingerprint density at radius 2 is 1.72 bits per heavy atom. The first-order valence-corrected chi connectivity index (χ1v) is 5.00. The summed E-state index contributed by atoms with van der Waals surface area (Å²) in [7, 11) is 0. The van der Waals surface area contributed by atoms with Crippen molar-refractivity contribution < 1.29 is 22.4 Å². The number of hydrogen-bond acceptors (Lipinski definition) is 2. The minimum absolute atomic E-state index is 0.258. The third-order valence-corrected chi connectivity index (χ3v) is 2.20. The van der Waals surface area contributed by atoms with Gasteiger partial charge in [-0.3, -0.25) is 4.79 Å². The molecule has 0 saturated heterocycles. The Labute approximate surface area is 100 Å². The van der Waals surface area contributed by atoms with E-state index in [2.05, 4.69) is 0 Å². The molecule has 0 bridgehead atoms. The van der Waals surface area contributed by atoms with E-state index >= 15 is 0 Å². The normalized spacial score (nSPS) is 11.3. The number of furan rings is 1. The van der Waals surface area contributed by atoms with Gasteiger partial charge in [0.2, 0.25) is 0 Å². The molecule has 2 aromatic rings. The predicted molar refractivity (Wildman–Crippen MR) is 58.0 cm³/mol. The molecular weight excluding hydrogens is 247 g/mol. The molecule has 6 heteroatoms. The maximum atomic E-state index is 12.9. The third-order valence-electron chi connectivity index (χ3n) is 2.20. The maximum Gasteiger partial charge on any atom is 0.491 e. The van der Waals surface area contributed by atoms with E-state index in [-0.39, 0.29) is 16.3 Å². The van der Waals surface area contributed by atoms with Gasteiger partial charge < -0.3 is 4.42 Å². The van der Waals surface area contributed by atoms with Crippen molar-refractivity contribution in [1.82, 2.24) is 0 Å². The van der Waals surface area contributed by atoms with Gasteiger partial charge in [-0.25, -0.2) is 4.90 Å². The summed E-state index contributed by atoms with van der Waals surface area (Å²) >= 11 is 0. The summed E-state index contributed by atoms with van der Waals surface area (Å²) in [4.78, 5) is 11.5. The molecule has 0 aliphatic carbocycles. The highest BCUT2D eigenvalue weighted by Crippen LogP contribution is 2.30. The highest BCUT2D eigenvalue weighted by Gasteiger charge is 2.43. The summed E-state index contributed by atoms with van der Waals surface area (Å²) in [6, 6.07) is 9.35. The molecular formula is C12H8F3NO2. The first-order chi connectivity index (χ1) is 8.50. The van der Waals surface area contributed by atoms with Gasteiger partial charge in [0, 0.05) is 0 Å². The summed E-state index contributed by atoms with van der Waals surface area (Å²) in [6.45, 7) is 0. The first kappa shape index (κ1) is 12.2. The number of nitrogens with zero attached hydrogens (tertiary/aromatic N) is 1. The molecule has 94 valence electrons. The zero-order chi connectivity index (χ0) is 13.2. The highest BCUT2D eigenvalue weighted by atomic mass is 19.4. The molecule has 0 N–H and O–H groups in total. The van der Waals surface area contributed by atoms with Crippen LogP contribution in [0, 0.1) is 0 Å².